The number of nitrogens with zero attached hydrogens (tertiary/aromatic N) is 4. The fourth-order valence-corrected chi connectivity index (χ4v) is 12.2. The summed E-state index contributed by atoms with van der Waals surface area (Å²) in [5, 5.41) is 32.7. The third-order valence-electron chi connectivity index (χ3n) is 17.3. The van der Waals surface area contributed by atoms with Crippen LogP contribution in [0.2, 0.25) is 0 Å². The maximum absolute atomic E-state index is 15.2. The number of rotatable bonds is 32. The lowest BCUT2D eigenvalue weighted by molar-refractivity contribution is -0.140. The van der Waals surface area contributed by atoms with Crippen molar-refractivity contribution in [3.8, 4) is 22.3 Å². The number of nitrogens with two attached hydrogens (primary N) is 2. The van der Waals surface area contributed by atoms with Crippen LogP contribution in [0, 0.1) is 40.0 Å². The molecule has 22 nitrogen and oxygen atoms in total. The first-order valence-corrected chi connectivity index (χ1v) is 33.8. The first-order valence-electron chi connectivity index (χ1n) is 33.8. The first kappa shape index (κ1) is 81.7. The smallest absolute Gasteiger partial charge is 0.248 e. The Morgan fingerprint density at radius 3 is 1.34 bits per heavy atom. The summed E-state index contributed by atoms with van der Waals surface area (Å²) in [5.74, 6) is -9.31. The van der Waals surface area contributed by atoms with Crippen molar-refractivity contribution in [3.05, 3.63) is 203 Å². The molecule has 7 rings (SSSR count). The molecule has 103 heavy (non-hydrogen) atoms. The van der Waals surface area contributed by atoms with Gasteiger partial charge in [0.15, 0.2) is 5.78 Å². The molecule has 0 aliphatic heterocycles. The number of carbonyl (C=O) groups is 9. The molecule has 7 atom stereocenters. The van der Waals surface area contributed by atoms with E-state index < -0.39 is 137 Å². The lowest BCUT2D eigenvalue weighted by Crippen LogP contribution is -2.56. The molecule has 0 saturated heterocycles. The van der Waals surface area contributed by atoms with E-state index >= 15 is 4.39 Å². The monoisotopic (exact) mass is 1430 g/mol. The SMILES string of the molecule is CNC(=O)[C@@H](N)CCN(C(=O)CO)[C@@H](c1cc(-c2cc(F)ccc2F)cn1Cc1ccccc1)C(C)(C)C.CNC(=O)[C@H](CCN(C(=O)CO)[C@@H](c1cc(-c2cc(F)ccc2F)cn1Cc1ccccc1)C(C)(C)C)NC(=O)[C@H](CC(N)=O)NC(=O)[C@@H](C)CC(=O)[C@H](C)NC(=O)Cc1ccccc1. The quantitative estimate of drug-likeness (QED) is 0.0184. The third kappa shape index (κ3) is 23.4. The summed E-state index contributed by atoms with van der Waals surface area (Å²) < 4.78 is 62.3. The highest BCUT2D eigenvalue weighted by atomic mass is 19.1. The molecule has 0 bridgehead atoms. The van der Waals surface area contributed by atoms with Crippen molar-refractivity contribution in [2.75, 3.05) is 40.4 Å². The maximum Gasteiger partial charge on any atom is 0.248 e. The second kappa shape index (κ2) is 37.6. The van der Waals surface area contributed by atoms with Crippen molar-refractivity contribution in [2.45, 2.75) is 137 Å². The average molecular weight is 1430 g/mol. The molecule has 5 aromatic carbocycles. The van der Waals surface area contributed by atoms with Gasteiger partial charge in [-0.25, -0.2) is 17.6 Å². The van der Waals surface area contributed by atoms with Gasteiger partial charge >= 0.3 is 0 Å². The molecule has 2 heterocycles. The Hall–Kier alpha value is -10.3. The topological polar surface area (TPSA) is 323 Å². The minimum absolute atomic E-state index is 0.00988. The largest absolute Gasteiger partial charge is 0.387 e. The Morgan fingerprint density at radius 2 is 0.932 bits per heavy atom. The number of Topliss-reactive ketones (excluding diaryl/α,β-unsaturated/α-hetero) is 1. The number of amides is 8. The van der Waals surface area contributed by atoms with Gasteiger partial charge in [-0.05, 0) is 95.8 Å². The minimum atomic E-state index is -1.58. The van der Waals surface area contributed by atoms with E-state index in [1.165, 1.54) is 37.7 Å². The van der Waals surface area contributed by atoms with E-state index in [-0.39, 0.29) is 68.3 Å². The number of aliphatic hydroxyl groups excluding tert-OH is 2. The van der Waals surface area contributed by atoms with Crippen LogP contribution in [0.5, 0.6) is 0 Å². The zero-order valence-corrected chi connectivity index (χ0v) is 59.8. The van der Waals surface area contributed by atoms with Gasteiger partial charge in [-0.3, -0.25) is 43.2 Å². The molecular formula is C77H95F4N11O11. The molecule has 552 valence electrons. The highest BCUT2D eigenvalue weighted by Crippen LogP contribution is 2.43. The second-order valence-corrected chi connectivity index (χ2v) is 27.5. The van der Waals surface area contributed by atoms with Crippen LogP contribution >= 0.6 is 0 Å². The number of aromatic nitrogens is 2. The Kier molecular flexibility index (Phi) is 29.8. The molecule has 0 unspecified atom stereocenters. The predicted molar refractivity (Wildman–Crippen MR) is 382 cm³/mol. The third-order valence-corrected chi connectivity index (χ3v) is 17.3. The Labute approximate surface area is 598 Å². The average Bonchev–Trinajstić information content (AvgIpc) is 1.62. The van der Waals surface area contributed by atoms with Crippen molar-refractivity contribution < 1.29 is 70.9 Å². The normalized spacial score (nSPS) is 13.4. The van der Waals surface area contributed by atoms with E-state index in [1.807, 2.05) is 117 Å². The molecule has 11 N–H and O–H groups in total. The minimum Gasteiger partial charge on any atom is -0.387 e. The number of aliphatic hydroxyl groups is 2. The zero-order valence-electron chi connectivity index (χ0n) is 59.8. The van der Waals surface area contributed by atoms with Crippen LogP contribution in [0.1, 0.15) is 121 Å². The molecular weight excluding hydrogens is 1330 g/mol. The lowest BCUT2D eigenvalue weighted by Gasteiger charge is -2.41. The van der Waals surface area contributed by atoms with Crippen LogP contribution < -0.4 is 38.1 Å². The zero-order chi connectivity index (χ0) is 76.0. The standard InChI is InChI=1S/C48H59F2N7O8.C29H36F2N4O3/c1-29(21-40(59)30(2)53-42(61)22-31-13-9-7-10-14-31)45(63)55-38(25-41(51)60)47(65)54-37(46(64)52-6)19-20-57(43(62)28-58)44(48(3,4)5)39-23-33(35-24-34(49)17-18-36(35)50)27-56(39)26-32-15-11-8-12-16-32;1-29(2,3)27(35(26(37)18-36)13-12-24(32)28(38)33-4)25-14-20(22-15-21(30)10-11-23(22)31)17-34(25)16-19-8-6-5-7-9-19/h7-18,23-24,27,29-30,37-38,44,58H,19-22,25-26,28H2,1-6H3,(H2,51,60)(H,52,64)(H,53,61)(H,54,65)(H,55,63);5-11,14-15,17,24,27,36H,12-13,16,18,32H2,1-4H3,(H,33,38)/t29-,30-,37-,38-,44-;24-,27-/m00/s1. The Bertz CT molecular complexity index is 4070. The van der Waals surface area contributed by atoms with Crippen molar-refractivity contribution in [1.29, 1.82) is 0 Å². The highest BCUT2D eigenvalue weighted by Gasteiger charge is 2.40. The molecule has 8 amide bonds. The van der Waals surface area contributed by atoms with Crippen LogP contribution in [0.15, 0.2) is 152 Å². The first-order chi connectivity index (χ1) is 48.7. The summed E-state index contributed by atoms with van der Waals surface area (Å²) in [6, 6.07) is 31.5. The molecule has 0 aliphatic rings. The summed E-state index contributed by atoms with van der Waals surface area (Å²) in [7, 11) is 2.81. The van der Waals surface area contributed by atoms with Crippen LogP contribution in [-0.2, 0) is 62.7 Å². The van der Waals surface area contributed by atoms with Gasteiger partial charge in [0.2, 0.25) is 47.3 Å². The maximum atomic E-state index is 15.2. The fraction of sp³-hybridized carbons (Fsp3) is 0.390. The van der Waals surface area contributed by atoms with Crippen LogP contribution in [0.4, 0.5) is 17.6 Å². The number of likely N-dealkylation sites (N-methyl/N-ethyl adjacent to an activating group) is 2. The Balaban J connectivity index is 0.000000371. The van der Waals surface area contributed by atoms with Crippen molar-refractivity contribution in [2.24, 2.45) is 28.2 Å². The van der Waals surface area contributed by atoms with Gasteiger partial charge < -0.3 is 67.2 Å². The summed E-state index contributed by atoms with van der Waals surface area (Å²) in [4.78, 5) is 120. The molecule has 0 radical (unpaired) electrons. The van der Waals surface area contributed by atoms with Gasteiger partial charge in [0.1, 0.15) is 48.6 Å². The van der Waals surface area contributed by atoms with Crippen LogP contribution in [0.25, 0.3) is 22.3 Å². The highest BCUT2D eigenvalue weighted by molar-refractivity contribution is 5.97. The van der Waals surface area contributed by atoms with Gasteiger partial charge in [0.25, 0.3) is 0 Å². The number of primary amides is 1. The number of nitrogens with one attached hydrogen (secondary N) is 5. The molecule has 0 saturated carbocycles. The number of benzene rings is 5. The summed E-state index contributed by atoms with van der Waals surface area (Å²) in [6.45, 7) is 13.2. The van der Waals surface area contributed by atoms with Gasteiger partial charge in [0.05, 0.1) is 37.0 Å². The van der Waals surface area contributed by atoms with E-state index in [2.05, 4.69) is 26.6 Å². The van der Waals surface area contributed by atoms with Crippen molar-refractivity contribution in [3.63, 3.8) is 0 Å². The number of hydrogen-bond donors (Lipinski definition) is 9. The molecule has 7 aromatic rings. The molecule has 0 aliphatic carbocycles. The second-order valence-electron chi connectivity index (χ2n) is 27.5. The van der Waals surface area contributed by atoms with E-state index in [0.29, 0.717) is 29.1 Å². The molecule has 2 aromatic heterocycles. The number of ketones is 1. The summed E-state index contributed by atoms with van der Waals surface area (Å²) in [5.41, 5.74) is 14.8. The summed E-state index contributed by atoms with van der Waals surface area (Å²) in [6.07, 6.45) is 2.40. The van der Waals surface area contributed by atoms with Gasteiger partial charge in [-0.2, -0.15) is 0 Å². The molecule has 0 spiro atoms. The van der Waals surface area contributed by atoms with Gasteiger partial charge in [-0.15, -0.1) is 0 Å². The van der Waals surface area contributed by atoms with Gasteiger partial charge in [-0.1, -0.05) is 139 Å². The van der Waals surface area contributed by atoms with E-state index in [0.717, 1.165) is 53.1 Å². The summed E-state index contributed by atoms with van der Waals surface area (Å²) >= 11 is 0. The molecule has 26 heteroatoms. The van der Waals surface area contributed by atoms with E-state index in [1.54, 1.807) is 48.8 Å². The lowest BCUT2D eigenvalue weighted by atomic mass is 9.82. The number of halogens is 4. The molecule has 0 fully saturated rings. The van der Waals surface area contributed by atoms with Crippen LogP contribution in [0.3, 0.4) is 0 Å². The number of carbonyl (C=O) groups excluding carboxylic acids is 9. The van der Waals surface area contributed by atoms with Crippen LogP contribution in [-0.4, -0.2) is 147 Å². The van der Waals surface area contributed by atoms with E-state index in [4.69, 9.17) is 11.5 Å². The van der Waals surface area contributed by atoms with Gasteiger partial charge in [0, 0.05) is 98.6 Å². The Morgan fingerprint density at radius 1 is 0.515 bits per heavy atom. The number of hydrogen-bond acceptors (Lipinski definition) is 12. The fourth-order valence-electron chi connectivity index (χ4n) is 12.2. The van der Waals surface area contributed by atoms with E-state index in [9.17, 15) is 66.5 Å². The van der Waals surface area contributed by atoms with Crippen molar-refractivity contribution >= 4 is 53.0 Å². The predicted octanol–water partition coefficient (Wildman–Crippen LogP) is 7.57. The van der Waals surface area contributed by atoms with Crippen molar-refractivity contribution in [1.82, 2.24) is 45.5 Å².